The number of aliphatic hydroxyl groups is 1. The molecule has 1 aromatic carbocycles. The first-order valence-corrected chi connectivity index (χ1v) is 7.38. The van der Waals surface area contributed by atoms with Crippen LogP contribution in [-0.4, -0.2) is 10.1 Å². The number of aliphatic hydroxyl groups excluding tert-OH is 1. The van der Waals surface area contributed by atoms with E-state index in [1.807, 2.05) is 43.3 Å². The van der Waals surface area contributed by atoms with Crippen molar-refractivity contribution in [2.24, 2.45) is 0 Å². The average Bonchev–Trinajstić information content (AvgIpc) is 2.41. The number of hydrogen-bond donors (Lipinski definition) is 1. The molecule has 1 heterocycles. The number of nitrogens with zero attached hydrogens (tertiary/aromatic N) is 1. The van der Waals surface area contributed by atoms with E-state index in [4.69, 9.17) is 0 Å². The molecule has 0 aliphatic carbocycles. The lowest BCUT2D eigenvalue weighted by atomic mass is 10.1. The Morgan fingerprint density at radius 1 is 1.28 bits per heavy atom. The van der Waals surface area contributed by atoms with Crippen LogP contribution in [0.25, 0.3) is 0 Å². The van der Waals surface area contributed by atoms with E-state index in [1.54, 1.807) is 18.0 Å². The minimum Gasteiger partial charge on any atom is -0.388 e. The molecule has 0 aliphatic heterocycles. The Bertz CT molecular complexity index is 533. The zero-order valence-electron chi connectivity index (χ0n) is 10.0. The molecule has 2 aromatic rings. The summed E-state index contributed by atoms with van der Waals surface area (Å²) < 4.78 is 0.968. The standard InChI is InChI=1S/C14H14BrNOS/c1-2-12(17)10-6-3-4-8-13(10)18-14-11(15)7-5-9-16-14/h3-9,12,17H,2H2,1H3/t12-/m0/s1. The van der Waals surface area contributed by atoms with Gasteiger partial charge in [-0.05, 0) is 46.1 Å². The van der Waals surface area contributed by atoms with Gasteiger partial charge in [0.2, 0.25) is 0 Å². The van der Waals surface area contributed by atoms with Crippen LogP contribution in [0.1, 0.15) is 25.0 Å². The number of rotatable bonds is 4. The summed E-state index contributed by atoms with van der Waals surface area (Å²) in [5, 5.41) is 10.9. The highest BCUT2D eigenvalue weighted by Gasteiger charge is 2.12. The lowest BCUT2D eigenvalue weighted by molar-refractivity contribution is 0.171. The molecular formula is C14H14BrNOS. The molecule has 0 bridgehead atoms. The second kappa shape index (κ2) is 6.36. The molecule has 0 fully saturated rings. The molecule has 0 spiro atoms. The third kappa shape index (κ3) is 3.13. The van der Waals surface area contributed by atoms with Gasteiger partial charge < -0.3 is 5.11 Å². The van der Waals surface area contributed by atoms with Crippen molar-refractivity contribution >= 4 is 27.7 Å². The monoisotopic (exact) mass is 323 g/mol. The van der Waals surface area contributed by atoms with Crippen molar-refractivity contribution in [2.45, 2.75) is 29.4 Å². The summed E-state index contributed by atoms with van der Waals surface area (Å²) in [6.07, 6.45) is 2.06. The van der Waals surface area contributed by atoms with Crippen molar-refractivity contribution < 1.29 is 5.11 Å². The third-order valence-corrected chi connectivity index (χ3v) is 4.61. The summed E-state index contributed by atoms with van der Waals surface area (Å²) in [5.74, 6) is 0. The second-order valence-corrected chi connectivity index (χ2v) is 5.74. The number of pyridine rings is 1. The summed E-state index contributed by atoms with van der Waals surface area (Å²) >= 11 is 5.05. The Morgan fingerprint density at radius 3 is 2.78 bits per heavy atom. The van der Waals surface area contributed by atoms with Gasteiger partial charge in [0.25, 0.3) is 0 Å². The van der Waals surface area contributed by atoms with Crippen LogP contribution < -0.4 is 0 Å². The summed E-state index contributed by atoms with van der Waals surface area (Å²) in [4.78, 5) is 5.38. The number of aromatic nitrogens is 1. The molecule has 1 aromatic heterocycles. The van der Waals surface area contributed by atoms with Gasteiger partial charge in [-0.15, -0.1) is 0 Å². The molecule has 2 rings (SSSR count). The molecule has 1 N–H and O–H groups in total. The van der Waals surface area contributed by atoms with Crippen molar-refractivity contribution in [3.05, 3.63) is 52.6 Å². The van der Waals surface area contributed by atoms with Gasteiger partial charge in [-0.25, -0.2) is 4.98 Å². The van der Waals surface area contributed by atoms with Gasteiger partial charge in [-0.1, -0.05) is 36.9 Å². The lowest BCUT2D eigenvalue weighted by Crippen LogP contribution is -1.97. The van der Waals surface area contributed by atoms with Gasteiger partial charge in [0.05, 0.1) is 10.6 Å². The van der Waals surface area contributed by atoms with E-state index in [-0.39, 0.29) is 0 Å². The van der Waals surface area contributed by atoms with Crippen molar-refractivity contribution in [2.75, 3.05) is 0 Å². The van der Waals surface area contributed by atoms with Crippen molar-refractivity contribution in [1.29, 1.82) is 0 Å². The first kappa shape index (κ1) is 13.6. The van der Waals surface area contributed by atoms with Crippen LogP contribution in [0.4, 0.5) is 0 Å². The average molecular weight is 324 g/mol. The molecule has 0 saturated carbocycles. The van der Waals surface area contributed by atoms with Crippen molar-refractivity contribution in [3.8, 4) is 0 Å². The molecule has 94 valence electrons. The smallest absolute Gasteiger partial charge is 0.115 e. The van der Waals surface area contributed by atoms with Crippen LogP contribution >= 0.6 is 27.7 Å². The molecule has 4 heteroatoms. The van der Waals surface area contributed by atoms with Crippen LogP contribution in [0.2, 0.25) is 0 Å². The third-order valence-electron chi connectivity index (χ3n) is 2.60. The van der Waals surface area contributed by atoms with E-state index in [0.29, 0.717) is 6.42 Å². The Balaban J connectivity index is 2.32. The first-order chi connectivity index (χ1) is 8.72. The number of halogens is 1. The predicted molar refractivity (Wildman–Crippen MR) is 77.8 cm³/mol. The SMILES string of the molecule is CC[C@H](O)c1ccccc1Sc1ncccc1Br. The molecule has 18 heavy (non-hydrogen) atoms. The zero-order valence-corrected chi connectivity index (χ0v) is 12.4. The van der Waals surface area contributed by atoms with Gasteiger partial charge >= 0.3 is 0 Å². The second-order valence-electron chi connectivity index (χ2n) is 3.85. The maximum absolute atomic E-state index is 10.0. The molecule has 2 nitrogen and oxygen atoms in total. The van der Waals surface area contributed by atoms with Crippen LogP contribution in [0.15, 0.2) is 57.0 Å². The van der Waals surface area contributed by atoms with Gasteiger partial charge in [0.1, 0.15) is 5.03 Å². The number of benzene rings is 1. The van der Waals surface area contributed by atoms with Gasteiger partial charge in [-0.3, -0.25) is 0 Å². The minimum atomic E-state index is -0.420. The summed E-state index contributed by atoms with van der Waals surface area (Å²) in [6, 6.07) is 11.8. The van der Waals surface area contributed by atoms with E-state index in [1.165, 1.54) is 0 Å². The fraction of sp³-hybridized carbons (Fsp3) is 0.214. The molecular weight excluding hydrogens is 310 g/mol. The Kier molecular flexibility index (Phi) is 4.80. The highest BCUT2D eigenvalue weighted by atomic mass is 79.9. The van der Waals surface area contributed by atoms with Crippen molar-refractivity contribution in [1.82, 2.24) is 4.98 Å². The van der Waals surface area contributed by atoms with Gasteiger partial charge in [-0.2, -0.15) is 0 Å². The van der Waals surface area contributed by atoms with Crippen LogP contribution in [-0.2, 0) is 0 Å². The Labute approximate surface area is 120 Å². The maximum Gasteiger partial charge on any atom is 0.115 e. The van der Waals surface area contributed by atoms with Gasteiger partial charge in [0.15, 0.2) is 0 Å². The Morgan fingerprint density at radius 2 is 2.06 bits per heavy atom. The largest absolute Gasteiger partial charge is 0.388 e. The fourth-order valence-corrected chi connectivity index (χ4v) is 3.07. The highest BCUT2D eigenvalue weighted by Crippen LogP contribution is 2.36. The van der Waals surface area contributed by atoms with Gasteiger partial charge in [0, 0.05) is 11.1 Å². The van der Waals surface area contributed by atoms with Crippen LogP contribution in [0.3, 0.4) is 0 Å². The summed E-state index contributed by atoms with van der Waals surface area (Å²) in [5.41, 5.74) is 0.961. The topological polar surface area (TPSA) is 33.1 Å². The fourth-order valence-electron chi connectivity index (χ4n) is 1.62. The normalized spacial score (nSPS) is 12.4. The zero-order chi connectivity index (χ0) is 13.0. The first-order valence-electron chi connectivity index (χ1n) is 5.77. The lowest BCUT2D eigenvalue weighted by Gasteiger charge is -2.13. The molecule has 0 saturated heterocycles. The molecule has 0 radical (unpaired) electrons. The molecule has 0 amide bonds. The van der Waals surface area contributed by atoms with E-state index in [2.05, 4.69) is 20.9 Å². The summed E-state index contributed by atoms with van der Waals surface area (Å²) in [6.45, 7) is 1.97. The van der Waals surface area contributed by atoms with E-state index in [9.17, 15) is 5.11 Å². The van der Waals surface area contributed by atoms with Crippen LogP contribution in [0, 0.1) is 0 Å². The highest BCUT2D eigenvalue weighted by molar-refractivity contribution is 9.10. The quantitative estimate of drug-likeness (QED) is 0.903. The summed E-state index contributed by atoms with van der Waals surface area (Å²) in [7, 11) is 0. The van der Waals surface area contributed by atoms with E-state index in [0.717, 1.165) is 20.0 Å². The van der Waals surface area contributed by atoms with E-state index >= 15 is 0 Å². The predicted octanol–water partition coefficient (Wildman–Crippen LogP) is 4.44. The molecule has 0 unspecified atom stereocenters. The Hall–Kier alpha value is -0.840. The maximum atomic E-state index is 10.0. The van der Waals surface area contributed by atoms with Crippen LogP contribution in [0.5, 0.6) is 0 Å². The molecule has 0 aliphatic rings. The van der Waals surface area contributed by atoms with E-state index < -0.39 is 6.10 Å². The number of hydrogen-bond acceptors (Lipinski definition) is 3. The molecule has 1 atom stereocenters. The minimum absolute atomic E-state index is 0.420. The van der Waals surface area contributed by atoms with Crippen molar-refractivity contribution in [3.63, 3.8) is 0 Å².